The zero-order valence-corrected chi connectivity index (χ0v) is 13.8. The van der Waals surface area contributed by atoms with Crippen molar-refractivity contribution in [1.29, 1.82) is 0 Å². The average Bonchev–Trinajstić information content (AvgIpc) is 2.91. The highest BCUT2D eigenvalue weighted by molar-refractivity contribution is 7.89. The van der Waals surface area contributed by atoms with E-state index in [0.717, 1.165) is 10.4 Å². The van der Waals surface area contributed by atoms with Gasteiger partial charge in [0.05, 0.1) is 11.4 Å². The van der Waals surface area contributed by atoms with Crippen LogP contribution < -0.4 is 15.4 Å². The molecule has 1 heterocycles. The third kappa shape index (κ3) is 4.06. The van der Waals surface area contributed by atoms with Gasteiger partial charge in [0.15, 0.2) is 0 Å². The first-order chi connectivity index (χ1) is 10.4. The van der Waals surface area contributed by atoms with Crippen molar-refractivity contribution in [3.63, 3.8) is 0 Å². The van der Waals surface area contributed by atoms with E-state index in [9.17, 15) is 13.2 Å². The maximum absolute atomic E-state index is 11.8. The van der Waals surface area contributed by atoms with Crippen LogP contribution in [0.2, 0.25) is 0 Å². The summed E-state index contributed by atoms with van der Waals surface area (Å²) in [4.78, 5) is 13.1. The fourth-order valence-corrected chi connectivity index (χ4v) is 3.33. The van der Waals surface area contributed by atoms with Gasteiger partial charge in [0.1, 0.15) is 0 Å². The molecule has 0 radical (unpaired) electrons. The zero-order chi connectivity index (χ0) is 16.2. The minimum atomic E-state index is -3.46. The van der Waals surface area contributed by atoms with Gasteiger partial charge >= 0.3 is 6.03 Å². The van der Waals surface area contributed by atoms with Gasteiger partial charge in [0, 0.05) is 10.6 Å². The van der Waals surface area contributed by atoms with Gasteiger partial charge in [-0.25, -0.2) is 17.9 Å². The number of carbonyl (C=O) groups excluding carboxylic acids is 1. The summed E-state index contributed by atoms with van der Waals surface area (Å²) in [7, 11) is -2.12. The molecule has 22 heavy (non-hydrogen) atoms. The van der Waals surface area contributed by atoms with Gasteiger partial charge in [-0.1, -0.05) is 0 Å². The van der Waals surface area contributed by atoms with Crippen LogP contribution in [0.4, 0.5) is 10.5 Å². The van der Waals surface area contributed by atoms with Crippen molar-refractivity contribution in [2.24, 2.45) is 0 Å². The lowest BCUT2D eigenvalue weighted by atomic mass is 10.3. The monoisotopic (exact) mass is 339 g/mol. The molecule has 2 rings (SSSR count). The number of hydrogen-bond donors (Lipinski definition) is 3. The van der Waals surface area contributed by atoms with E-state index in [1.165, 1.54) is 19.2 Å². The number of benzene rings is 1. The average molecular weight is 339 g/mol. The number of hydrogen-bond acceptors (Lipinski definition) is 4. The fourth-order valence-electron chi connectivity index (χ4n) is 1.76. The molecule has 0 spiro atoms. The van der Waals surface area contributed by atoms with E-state index in [2.05, 4.69) is 15.4 Å². The van der Waals surface area contributed by atoms with Gasteiger partial charge in [-0.2, -0.15) is 0 Å². The normalized spacial score (nSPS) is 11.2. The number of urea groups is 1. The fraction of sp³-hybridized carbons (Fsp3) is 0.214. The highest BCUT2D eigenvalue weighted by Gasteiger charge is 2.11. The molecule has 0 unspecified atom stereocenters. The van der Waals surface area contributed by atoms with Crippen LogP contribution in [-0.2, 0) is 16.6 Å². The van der Waals surface area contributed by atoms with Crippen LogP contribution in [-0.4, -0.2) is 21.5 Å². The first kappa shape index (κ1) is 16.5. The molecule has 118 valence electrons. The van der Waals surface area contributed by atoms with Crippen molar-refractivity contribution in [2.45, 2.75) is 18.4 Å². The highest BCUT2D eigenvalue weighted by Crippen LogP contribution is 2.16. The zero-order valence-electron chi connectivity index (χ0n) is 12.2. The van der Waals surface area contributed by atoms with Gasteiger partial charge in [0.2, 0.25) is 10.0 Å². The van der Waals surface area contributed by atoms with Gasteiger partial charge in [-0.05, 0) is 55.2 Å². The molecule has 3 N–H and O–H groups in total. The van der Waals surface area contributed by atoms with E-state index in [0.29, 0.717) is 12.2 Å². The Morgan fingerprint density at radius 3 is 2.41 bits per heavy atom. The van der Waals surface area contributed by atoms with E-state index in [1.54, 1.807) is 23.5 Å². The number of amides is 2. The molecular weight excluding hydrogens is 322 g/mol. The Morgan fingerprint density at radius 2 is 1.86 bits per heavy atom. The molecule has 6 nitrogen and oxygen atoms in total. The van der Waals surface area contributed by atoms with Crippen LogP contribution in [0.15, 0.2) is 40.6 Å². The molecule has 0 aliphatic carbocycles. The molecule has 0 saturated heterocycles. The number of carbonyl (C=O) groups is 1. The summed E-state index contributed by atoms with van der Waals surface area (Å²) < 4.78 is 25.4. The highest BCUT2D eigenvalue weighted by atomic mass is 32.2. The Balaban J connectivity index is 1.93. The predicted octanol–water partition coefficient (Wildman–Crippen LogP) is 2.29. The second-order valence-corrected chi connectivity index (χ2v) is 7.45. The maximum atomic E-state index is 11.8. The maximum Gasteiger partial charge on any atom is 0.319 e. The Kier molecular flexibility index (Phi) is 5.17. The molecule has 8 heteroatoms. The molecule has 2 aromatic rings. The number of thiophene rings is 1. The number of nitrogens with one attached hydrogen (secondary N) is 3. The van der Waals surface area contributed by atoms with E-state index < -0.39 is 10.0 Å². The topological polar surface area (TPSA) is 87.3 Å². The summed E-state index contributed by atoms with van der Waals surface area (Å²) in [5, 5.41) is 7.40. The summed E-state index contributed by atoms with van der Waals surface area (Å²) in [6.07, 6.45) is 0. The molecule has 0 bridgehead atoms. The van der Waals surface area contributed by atoms with Crippen molar-refractivity contribution in [3.8, 4) is 0 Å². The number of aryl methyl sites for hydroxylation is 1. The van der Waals surface area contributed by atoms with Crippen LogP contribution in [0, 0.1) is 6.92 Å². The SMILES string of the molecule is CNS(=O)(=O)c1ccc(NC(=O)NCc2sccc2C)cc1. The van der Waals surface area contributed by atoms with Crippen molar-refractivity contribution >= 4 is 33.1 Å². The molecule has 0 aliphatic heterocycles. The molecule has 0 saturated carbocycles. The predicted molar refractivity (Wildman–Crippen MR) is 87.6 cm³/mol. The van der Waals surface area contributed by atoms with E-state index >= 15 is 0 Å². The second-order valence-electron chi connectivity index (χ2n) is 4.57. The summed E-state index contributed by atoms with van der Waals surface area (Å²) in [6.45, 7) is 2.45. The minimum absolute atomic E-state index is 0.148. The van der Waals surface area contributed by atoms with Crippen LogP contribution in [0.3, 0.4) is 0 Å². The Morgan fingerprint density at radius 1 is 1.18 bits per heavy atom. The minimum Gasteiger partial charge on any atom is -0.333 e. The summed E-state index contributed by atoms with van der Waals surface area (Å²) in [6, 6.07) is 7.62. The van der Waals surface area contributed by atoms with Gasteiger partial charge in [-0.15, -0.1) is 11.3 Å². The molecule has 0 atom stereocenters. The number of rotatable bonds is 5. The molecular formula is C14H17N3O3S2. The Bertz CT molecular complexity index is 752. The standard InChI is InChI=1S/C14H17N3O3S2/c1-10-7-8-21-13(10)9-16-14(18)17-11-3-5-12(6-4-11)22(19,20)15-2/h3-8,15H,9H2,1-2H3,(H2,16,17,18). The van der Waals surface area contributed by atoms with Crippen molar-refractivity contribution in [1.82, 2.24) is 10.0 Å². The first-order valence-electron chi connectivity index (χ1n) is 6.54. The third-order valence-electron chi connectivity index (χ3n) is 3.07. The summed E-state index contributed by atoms with van der Waals surface area (Å²) in [5.41, 5.74) is 1.67. The van der Waals surface area contributed by atoms with Crippen LogP contribution in [0.1, 0.15) is 10.4 Å². The molecule has 0 aliphatic rings. The second kappa shape index (κ2) is 6.91. The van der Waals surface area contributed by atoms with E-state index in [4.69, 9.17) is 0 Å². The molecule has 1 aromatic heterocycles. The van der Waals surface area contributed by atoms with Crippen LogP contribution in [0.25, 0.3) is 0 Å². The number of sulfonamides is 1. The lowest BCUT2D eigenvalue weighted by Crippen LogP contribution is -2.28. The van der Waals surface area contributed by atoms with Crippen LogP contribution in [0.5, 0.6) is 0 Å². The molecule has 2 amide bonds. The van der Waals surface area contributed by atoms with Crippen LogP contribution >= 0.6 is 11.3 Å². The Hall–Kier alpha value is -1.90. The van der Waals surface area contributed by atoms with E-state index in [-0.39, 0.29) is 10.9 Å². The van der Waals surface area contributed by atoms with Crippen molar-refractivity contribution < 1.29 is 13.2 Å². The molecule has 1 aromatic carbocycles. The van der Waals surface area contributed by atoms with Crippen molar-refractivity contribution in [3.05, 3.63) is 46.2 Å². The summed E-state index contributed by atoms with van der Waals surface area (Å²) >= 11 is 1.59. The van der Waals surface area contributed by atoms with Crippen molar-refractivity contribution in [2.75, 3.05) is 12.4 Å². The first-order valence-corrected chi connectivity index (χ1v) is 8.90. The van der Waals surface area contributed by atoms with Gasteiger partial charge in [0.25, 0.3) is 0 Å². The largest absolute Gasteiger partial charge is 0.333 e. The van der Waals surface area contributed by atoms with E-state index in [1.807, 2.05) is 18.4 Å². The Labute approximate surface area is 133 Å². The lowest BCUT2D eigenvalue weighted by molar-refractivity contribution is 0.252. The summed E-state index contributed by atoms with van der Waals surface area (Å²) in [5.74, 6) is 0. The quantitative estimate of drug-likeness (QED) is 0.781. The van der Waals surface area contributed by atoms with Gasteiger partial charge < -0.3 is 10.6 Å². The van der Waals surface area contributed by atoms with Gasteiger partial charge in [-0.3, -0.25) is 0 Å². The number of anilines is 1. The third-order valence-corrected chi connectivity index (χ3v) is 5.52. The molecule has 0 fully saturated rings. The smallest absolute Gasteiger partial charge is 0.319 e. The lowest BCUT2D eigenvalue weighted by Gasteiger charge is -2.08.